The van der Waals surface area contributed by atoms with Gasteiger partial charge in [0, 0.05) is 21.3 Å². The van der Waals surface area contributed by atoms with Crippen LogP contribution in [-0.4, -0.2) is 5.71 Å². The molecule has 0 N–H and O–H groups in total. The van der Waals surface area contributed by atoms with Gasteiger partial charge < -0.3 is 0 Å². The highest BCUT2D eigenvalue weighted by atomic mass is 35.5. The Hall–Kier alpha value is -1.31. The number of aryl methyl sites for hydroxylation is 1. The van der Waals surface area contributed by atoms with Crippen LogP contribution < -0.4 is 0 Å². The second-order valence-corrected chi connectivity index (χ2v) is 5.95. The molecule has 20 heavy (non-hydrogen) atoms. The van der Waals surface area contributed by atoms with Crippen LogP contribution in [0, 0.1) is 6.92 Å². The lowest BCUT2D eigenvalue weighted by atomic mass is 9.99. The van der Waals surface area contributed by atoms with Crippen molar-refractivity contribution in [1.82, 2.24) is 0 Å². The number of hydrogen-bond donors (Lipinski definition) is 0. The topological polar surface area (TPSA) is 12.4 Å². The van der Waals surface area contributed by atoms with E-state index in [2.05, 4.69) is 13.0 Å². The summed E-state index contributed by atoms with van der Waals surface area (Å²) < 4.78 is 0. The summed E-state index contributed by atoms with van der Waals surface area (Å²) in [5, 5.41) is 1.55. The summed E-state index contributed by atoms with van der Waals surface area (Å²) >= 11 is 12.3. The molecule has 3 rings (SSSR count). The molecule has 0 aromatic heterocycles. The van der Waals surface area contributed by atoms with Gasteiger partial charge >= 0.3 is 0 Å². The molecule has 0 amide bonds. The van der Waals surface area contributed by atoms with Crippen LogP contribution in [0.25, 0.3) is 0 Å². The minimum atomic E-state index is 0.221. The first kappa shape index (κ1) is 13.7. The normalized spacial score (nSPS) is 18.1. The molecule has 0 spiro atoms. The molecule has 0 fully saturated rings. The summed E-state index contributed by atoms with van der Waals surface area (Å²) in [6.07, 6.45) is 2.00. The second kappa shape index (κ2) is 5.59. The second-order valence-electron chi connectivity index (χ2n) is 5.11. The first-order chi connectivity index (χ1) is 9.65. The SMILES string of the molecule is Cc1cc(Cl)ccc1C1CCC(c2ccccc2Cl)=N1. The number of aliphatic imine (C=N–C) groups is 1. The highest BCUT2D eigenvalue weighted by molar-refractivity contribution is 6.34. The van der Waals surface area contributed by atoms with Crippen molar-refractivity contribution in [3.8, 4) is 0 Å². The molecule has 1 unspecified atom stereocenters. The van der Waals surface area contributed by atoms with Crippen LogP contribution in [0.3, 0.4) is 0 Å². The van der Waals surface area contributed by atoms with Crippen LogP contribution in [0.2, 0.25) is 10.0 Å². The van der Waals surface area contributed by atoms with Crippen molar-refractivity contribution in [1.29, 1.82) is 0 Å². The van der Waals surface area contributed by atoms with Crippen LogP contribution in [0.4, 0.5) is 0 Å². The summed E-state index contributed by atoms with van der Waals surface area (Å²) in [5.41, 5.74) is 4.63. The van der Waals surface area contributed by atoms with Gasteiger partial charge in [0.25, 0.3) is 0 Å². The first-order valence-electron chi connectivity index (χ1n) is 6.73. The summed E-state index contributed by atoms with van der Waals surface area (Å²) in [7, 11) is 0. The standard InChI is InChI=1S/C17H15Cl2N/c1-11-10-12(18)6-7-13(11)16-8-9-17(20-16)14-4-2-3-5-15(14)19/h2-7,10,16H,8-9H2,1H3. The van der Waals surface area contributed by atoms with Gasteiger partial charge in [-0.1, -0.05) is 47.5 Å². The molecule has 102 valence electrons. The smallest absolute Gasteiger partial charge is 0.0758 e. The number of hydrogen-bond acceptors (Lipinski definition) is 1. The van der Waals surface area contributed by atoms with E-state index in [1.807, 2.05) is 36.4 Å². The van der Waals surface area contributed by atoms with Crippen molar-refractivity contribution in [3.63, 3.8) is 0 Å². The average Bonchev–Trinajstić information content (AvgIpc) is 2.88. The Balaban J connectivity index is 1.94. The number of halogens is 2. The molecule has 1 heterocycles. The van der Waals surface area contributed by atoms with Crippen LogP contribution in [0.1, 0.15) is 35.6 Å². The Morgan fingerprint density at radius 1 is 1.10 bits per heavy atom. The van der Waals surface area contributed by atoms with E-state index in [-0.39, 0.29) is 6.04 Å². The summed E-state index contributed by atoms with van der Waals surface area (Å²) in [5.74, 6) is 0. The lowest BCUT2D eigenvalue weighted by Gasteiger charge is -2.10. The fourth-order valence-corrected chi connectivity index (χ4v) is 3.20. The zero-order chi connectivity index (χ0) is 14.1. The van der Waals surface area contributed by atoms with E-state index < -0.39 is 0 Å². The third-order valence-electron chi connectivity index (χ3n) is 3.74. The van der Waals surface area contributed by atoms with Gasteiger partial charge in [0.05, 0.1) is 6.04 Å². The van der Waals surface area contributed by atoms with Gasteiger partial charge in [0.15, 0.2) is 0 Å². The maximum absolute atomic E-state index is 6.25. The lowest BCUT2D eigenvalue weighted by Crippen LogP contribution is -1.96. The highest BCUT2D eigenvalue weighted by Gasteiger charge is 2.22. The molecular weight excluding hydrogens is 289 g/mol. The summed E-state index contributed by atoms with van der Waals surface area (Å²) in [4.78, 5) is 4.87. The first-order valence-corrected chi connectivity index (χ1v) is 7.48. The van der Waals surface area contributed by atoms with Crippen LogP contribution in [0.5, 0.6) is 0 Å². The van der Waals surface area contributed by atoms with E-state index in [0.717, 1.165) is 34.2 Å². The summed E-state index contributed by atoms with van der Waals surface area (Å²) in [6, 6.07) is 14.2. The predicted octanol–water partition coefficient (Wildman–Crippen LogP) is 5.63. The maximum atomic E-state index is 6.25. The number of benzene rings is 2. The zero-order valence-corrected chi connectivity index (χ0v) is 12.7. The van der Waals surface area contributed by atoms with Crippen LogP contribution >= 0.6 is 23.2 Å². The largest absolute Gasteiger partial charge is 0.281 e. The van der Waals surface area contributed by atoms with E-state index in [1.165, 1.54) is 11.1 Å². The minimum Gasteiger partial charge on any atom is -0.281 e. The van der Waals surface area contributed by atoms with Gasteiger partial charge in [0.1, 0.15) is 0 Å². The van der Waals surface area contributed by atoms with Gasteiger partial charge in [-0.25, -0.2) is 0 Å². The molecule has 2 aromatic carbocycles. The van der Waals surface area contributed by atoms with Crippen molar-refractivity contribution in [2.45, 2.75) is 25.8 Å². The van der Waals surface area contributed by atoms with Crippen molar-refractivity contribution < 1.29 is 0 Å². The highest BCUT2D eigenvalue weighted by Crippen LogP contribution is 2.34. The maximum Gasteiger partial charge on any atom is 0.0758 e. The van der Waals surface area contributed by atoms with E-state index in [4.69, 9.17) is 28.2 Å². The fourth-order valence-electron chi connectivity index (χ4n) is 2.73. The third-order valence-corrected chi connectivity index (χ3v) is 4.31. The van der Waals surface area contributed by atoms with Gasteiger partial charge in [-0.05, 0) is 49.1 Å². The quantitative estimate of drug-likeness (QED) is 0.682. The van der Waals surface area contributed by atoms with E-state index in [0.29, 0.717) is 0 Å². The molecule has 3 heteroatoms. The van der Waals surface area contributed by atoms with Gasteiger partial charge in [-0.2, -0.15) is 0 Å². The molecule has 2 aromatic rings. The monoisotopic (exact) mass is 303 g/mol. The molecule has 1 atom stereocenters. The Labute approximate surface area is 129 Å². The van der Waals surface area contributed by atoms with E-state index >= 15 is 0 Å². The van der Waals surface area contributed by atoms with E-state index in [1.54, 1.807) is 0 Å². The van der Waals surface area contributed by atoms with E-state index in [9.17, 15) is 0 Å². The molecule has 0 saturated carbocycles. The molecule has 1 aliphatic heterocycles. The molecule has 0 radical (unpaired) electrons. The average molecular weight is 304 g/mol. The number of rotatable bonds is 2. The van der Waals surface area contributed by atoms with Gasteiger partial charge in [-0.3, -0.25) is 4.99 Å². The van der Waals surface area contributed by atoms with Crippen molar-refractivity contribution in [2.24, 2.45) is 4.99 Å². The van der Waals surface area contributed by atoms with Gasteiger partial charge in [-0.15, -0.1) is 0 Å². The van der Waals surface area contributed by atoms with Gasteiger partial charge in [0.2, 0.25) is 0 Å². The fraction of sp³-hybridized carbons (Fsp3) is 0.235. The lowest BCUT2D eigenvalue weighted by molar-refractivity contribution is 0.718. The zero-order valence-electron chi connectivity index (χ0n) is 11.2. The predicted molar refractivity (Wildman–Crippen MR) is 86.2 cm³/mol. The molecule has 0 bridgehead atoms. The Morgan fingerprint density at radius 3 is 2.65 bits per heavy atom. The Kier molecular flexibility index (Phi) is 3.82. The summed E-state index contributed by atoms with van der Waals surface area (Å²) in [6.45, 7) is 2.09. The third kappa shape index (κ3) is 2.61. The minimum absolute atomic E-state index is 0.221. The molecule has 0 saturated heterocycles. The molecular formula is C17H15Cl2N. The Morgan fingerprint density at radius 2 is 1.90 bits per heavy atom. The Bertz CT molecular complexity index is 676. The van der Waals surface area contributed by atoms with Crippen molar-refractivity contribution >= 4 is 28.9 Å². The molecule has 1 aliphatic rings. The van der Waals surface area contributed by atoms with Crippen molar-refractivity contribution in [3.05, 3.63) is 69.2 Å². The molecule has 1 nitrogen and oxygen atoms in total. The number of nitrogens with zero attached hydrogens (tertiary/aromatic N) is 1. The van der Waals surface area contributed by atoms with Crippen LogP contribution in [-0.2, 0) is 0 Å². The van der Waals surface area contributed by atoms with Crippen molar-refractivity contribution in [2.75, 3.05) is 0 Å². The van der Waals surface area contributed by atoms with Crippen LogP contribution in [0.15, 0.2) is 47.5 Å². The molecule has 0 aliphatic carbocycles.